The lowest BCUT2D eigenvalue weighted by atomic mass is 10.2. The second kappa shape index (κ2) is 6.49. The zero-order valence-electron chi connectivity index (χ0n) is 13.1. The van der Waals surface area contributed by atoms with E-state index in [4.69, 9.17) is 4.52 Å². The summed E-state index contributed by atoms with van der Waals surface area (Å²) in [6.45, 7) is 1.31. The van der Waals surface area contributed by atoms with Gasteiger partial charge in [0.25, 0.3) is 0 Å². The van der Waals surface area contributed by atoms with E-state index in [2.05, 4.69) is 20.0 Å². The SMILES string of the molecule is Fc1cccnc1CN1CCCC1c1nc(-c2ccccc2)no1. The molecule has 4 rings (SSSR count). The van der Waals surface area contributed by atoms with Gasteiger partial charge in [0.1, 0.15) is 5.82 Å². The fraction of sp³-hybridized carbons (Fsp3) is 0.278. The summed E-state index contributed by atoms with van der Waals surface area (Å²) >= 11 is 0. The molecule has 0 N–H and O–H groups in total. The van der Waals surface area contributed by atoms with Crippen molar-refractivity contribution in [2.24, 2.45) is 0 Å². The predicted molar refractivity (Wildman–Crippen MR) is 86.3 cm³/mol. The minimum atomic E-state index is -0.279. The molecule has 1 atom stereocenters. The number of rotatable bonds is 4. The van der Waals surface area contributed by atoms with E-state index in [0.29, 0.717) is 24.0 Å². The molecule has 1 aromatic carbocycles. The van der Waals surface area contributed by atoms with Crippen molar-refractivity contribution in [1.29, 1.82) is 0 Å². The van der Waals surface area contributed by atoms with Gasteiger partial charge in [0, 0.05) is 18.3 Å². The van der Waals surface area contributed by atoms with Crippen molar-refractivity contribution in [3.63, 3.8) is 0 Å². The van der Waals surface area contributed by atoms with Gasteiger partial charge in [0.15, 0.2) is 0 Å². The lowest BCUT2D eigenvalue weighted by Crippen LogP contribution is -2.24. The van der Waals surface area contributed by atoms with Crippen LogP contribution in [-0.2, 0) is 6.54 Å². The smallest absolute Gasteiger partial charge is 0.244 e. The number of aromatic nitrogens is 3. The molecule has 3 heterocycles. The van der Waals surface area contributed by atoms with Crippen LogP contribution in [0.1, 0.15) is 30.5 Å². The monoisotopic (exact) mass is 324 g/mol. The van der Waals surface area contributed by atoms with Gasteiger partial charge >= 0.3 is 0 Å². The molecule has 0 radical (unpaired) electrons. The number of hydrogen-bond donors (Lipinski definition) is 0. The lowest BCUT2D eigenvalue weighted by Gasteiger charge is -2.21. The summed E-state index contributed by atoms with van der Waals surface area (Å²) in [5.41, 5.74) is 1.38. The summed E-state index contributed by atoms with van der Waals surface area (Å²) in [4.78, 5) is 10.8. The molecule has 1 aliphatic rings. The van der Waals surface area contributed by atoms with Gasteiger partial charge in [-0.2, -0.15) is 4.98 Å². The second-order valence-corrected chi connectivity index (χ2v) is 5.88. The van der Waals surface area contributed by atoms with Crippen LogP contribution in [0.25, 0.3) is 11.4 Å². The Morgan fingerprint density at radius 3 is 2.88 bits per heavy atom. The van der Waals surface area contributed by atoms with Crippen molar-refractivity contribution in [1.82, 2.24) is 20.0 Å². The topological polar surface area (TPSA) is 55.1 Å². The molecule has 0 saturated carbocycles. The zero-order valence-corrected chi connectivity index (χ0v) is 13.1. The Hall–Kier alpha value is -2.60. The highest BCUT2D eigenvalue weighted by molar-refractivity contribution is 5.53. The van der Waals surface area contributed by atoms with Gasteiger partial charge in [-0.05, 0) is 31.5 Å². The Bertz CT molecular complexity index is 821. The van der Waals surface area contributed by atoms with Gasteiger partial charge in [0.2, 0.25) is 11.7 Å². The van der Waals surface area contributed by atoms with Crippen molar-refractivity contribution in [2.45, 2.75) is 25.4 Å². The van der Waals surface area contributed by atoms with Crippen LogP contribution in [0.3, 0.4) is 0 Å². The van der Waals surface area contributed by atoms with E-state index in [1.807, 2.05) is 30.3 Å². The van der Waals surface area contributed by atoms with E-state index in [0.717, 1.165) is 24.9 Å². The van der Waals surface area contributed by atoms with E-state index >= 15 is 0 Å². The minimum absolute atomic E-state index is 0.0105. The molecule has 1 fully saturated rings. The third-order valence-corrected chi connectivity index (χ3v) is 4.31. The van der Waals surface area contributed by atoms with Crippen LogP contribution in [0.15, 0.2) is 53.2 Å². The first-order valence-electron chi connectivity index (χ1n) is 8.04. The number of hydrogen-bond acceptors (Lipinski definition) is 5. The average molecular weight is 324 g/mol. The van der Waals surface area contributed by atoms with E-state index < -0.39 is 0 Å². The minimum Gasteiger partial charge on any atom is -0.337 e. The molecule has 24 heavy (non-hydrogen) atoms. The first-order chi connectivity index (χ1) is 11.8. The Labute approximate surface area is 139 Å². The third-order valence-electron chi connectivity index (χ3n) is 4.31. The summed E-state index contributed by atoms with van der Waals surface area (Å²) in [6, 6.07) is 12.8. The van der Waals surface area contributed by atoms with Crippen LogP contribution >= 0.6 is 0 Å². The van der Waals surface area contributed by atoms with Crippen molar-refractivity contribution >= 4 is 0 Å². The second-order valence-electron chi connectivity index (χ2n) is 5.88. The molecule has 2 aromatic heterocycles. The maximum absolute atomic E-state index is 13.9. The maximum atomic E-state index is 13.9. The van der Waals surface area contributed by atoms with Gasteiger partial charge < -0.3 is 4.52 Å². The van der Waals surface area contributed by atoms with Crippen molar-refractivity contribution in [3.05, 3.63) is 66.1 Å². The molecule has 6 heteroatoms. The van der Waals surface area contributed by atoms with Gasteiger partial charge in [0.05, 0.1) is 11.7 Å². The quantitative estimate of drug-likeness (QED) is 0.734. The van der Waals surface area contributed by atoms with E-state index in [1.165, 1.54) is 6.07 Å². The van der Waals surface area contributed by atoms with E-state index in [9.17, 15) is 4.39 Å². The largest absolute Gasteiger partial charge is 0.337 e. The first-order valence-corrected chi connectivity index (χ1v) is 8.04. The first kappa shape index (κ1) is 15.0. The molecule has 0 amide bonds. The molecule has 0 bridgehead atoms. The molecule has 0 aliphatic carbocycles. The number of likely N-dealkylation sites (tertiary alicyclic amines) is 1. The van der Waals surface area contributed by atoms with Crippen molar-refractivity contribution in [3.8, 4) is 11.4 Å². The molecule has 0 spiro atoms. The number of pyridine rings is 1. The van der Waals surface area contributed by atoms with Gasteiger partial charge in [-0.3, -0.25) is 9.88 Å². The standard InChI is InChI=1S/C18H17FN4O/c19-14-8-4-10-20-15(14)12-23-11-5-9-16(23)18-21-17(22-24-18)13-6-2-1-3-7-13/h1-4,6-8,10,16H,5,9,11-12H2. The Morgan fingerprint density at radius 1 is 1.17 bits per heavy atom. The molecule has 122 valence electrons. The Balaban J connectivity index is 1.55. The highest BCUT2D eigenvalue weighted by atomic mass is 19.1. The summed E-state index contributed by atoms with van der Waals surface area (Å²) in [5, 5.41) is 4.09. The van der Waals surface area contributed by atoms with E-state index in [1.54, 1.807) is 12.3 Å². The molecular weight excluding hydrogens is 307 g/mol. The predicted octanol–water partition coefficient (Wildman–Crippen LogP) is 3.61. The van der Waals surface area contributed by atoms with Crippen LogP contribution < -0.4 is 0 Å². The van der Waals surface area contributed by atoms with Gasteiger partial charge in [-0.15, -0.1) is 0 Å². The maximum Gasteiger partial charge on any atom is 0.244 e. The summed E-state index contributed by atoms with van der Waals surface area (Å²) in [6.07, 6.45) is 3.55. The molecule has 1 aliphatic heterocycles. The molecule has 1 unspecified atom stereocenters. The Kier molecular flexibility index (Phi) is 4.04. The third kappa shape index (κ3) is 2.92. The van der Waals surface area contributed by atoms with Crippen LogP contribution in [0, 0.1) is 5.82 Å². The fourth-order valence-corrected chi connectivity index (χ4v) is 3.10. The average Bonchev–Trinajstić information content (AvgIpc) is 3.27. The molecular formula is C18H17FN4O. The number of benzene rings is 1. The van der Waals surface area contributed by atoms with Gasteiger partial charge in [-0.1, -0.05) is 35.5 Å². The summed E-state index contributed by atoms with van der Waals surface area (Å²) in [7, 11) is 0. The summed E-state index contributed by atoms with van der Waals surface area (Å²) < 4.78 is 19.3. The van der Waals surface area contributed by atoms with E-state index in [-0.39, 0.29) is 11.9 Å². The van der Waals surface area contributed by atoms with Crippen LogP contribution in [0.4, 0.5) is 4.39 Å². The fourth-order valence-electron chi connectivity index (χ4n) is 3.10. The van der Waals surface area contributed by atoms with Crippen molar-refractivity contribution < 1.29 is 8.91 Å². The lowest BCUT2D eigenvalue weighted by molar-refractivity contribution is 0.197. The van der Waals surface area contributed by atoms with Crippen LogP contribution in [0.2, 0.25) is 0 Å². The molecule has 1 saturated heterocycles. The number of halogens is 1. The summed E-state index contributed by atoms with van der Waals surface area (Å²) in [5.74, 6) is 0.891. The Morgan fingerprint density at radius 2 is 2.04 bits per heavy atom. The molecule has 5 nitrogen and oxygen atoms in total. The number of nitrogens with zero attached hydrogens (tertiary/aromatic N) is 4. The van der Waals surface area contributed by atoms with Crippen molar-refractivity contribution in [2.75, 3.05) is 6.54 Å². The van der Waals surface area contributed by atoms with Crippen LogP contribution in [0.5, 0.6) is 0 Å². The highest BCUT2D eigenvalue weighted by Gasteiger charge is 2.31. The molecule has 3 aromatic rings. The zero-order chi connectivity index (χ0) is 16.4. The highest BCUT2D eigenvalue weighted by Crippen LogP contribution is 2.33. The van der Waals surface area contributed by atoms with Crippen LogP contribution in [-0.4, -0.2) is 26.6 Å². The van der Waals surface area contributed by atoms with Gasteiger partial charge in [-0.25, -0.2) is 4.39 Å². The normalized spacial score (nSPS) is 18.1.